The molecule has 1 heterocycles. The van der Waals surface area contributed by atoms with E-state index in [4.69, 9.17) is 9.84 Å². The summed E-state index contributed by atoms with van der Waals surface area (Å²) in [7, 11) is 0. The lowest BCUT2D eigenvalue weighted by molar-refractivity contribution is -0.145. The van der Waals surface area contributed by atoms with Crippen LogP contribution in [0.15, 0.2) is 18.2 Å². The van der Waals surface area contributed by atoms with E-state index in [-0.39, 0.29) is 12.7 Å². The molecule has 1 fully saturated rings. The number of carboxylic acid groups (broad SMARTS) is 1. The zero-order valence-corrected chi connectivity index (χ0v) is 13.1. The van der Waals surface area contributed by atoms with Gasteiger partial charge in [-0.25, -0.2) is 4.79 Å². The van der Waals surface area contributed by atoms with Crippen LogP contribution in [0.5, 0.6) is 0 Å². The van der Waals surface area contributed by atoms with Crippen molar-refractivity contribution in [2.75, 3.05) is 19.7 Å². The molecular weight excluding hydrogens is 266 g/mol. The van der Waals surface area contributed by atoms with Gasteiger partial charge in [0, 0.05) is 19.1 Å². The van der Waals surface area contributed by atoms with Crippen molar-refractivity contribution in [1.82, 2.24) is 4.90 Å². The van der Waals surface area contributed by atoms with Crippen LogP contribution in [0, 0.1) is 13.8 Å². The molecule has 4 nitrogen and oxygen atoms in total. The smallest absolute Gasteiger partial charge is 0.329 e. The molecule has 1 aliphatic rings. The van der Waals surface area contributed by atoms with Crippen LogP contribution in [0.1, 0.15) is 42.5 Å². The lowest BCUT2D eigenvalue weighted by Gasteiger charge is -2.36. The highest BCUT2D eigenvalue weighted by atomic mass is 16.5. The molecule has 21 heavy (non-hydrogen) atoms. The number of hydrogen-bond acceptors (Lipinski definition) is 3. The van der Waals surface area contributed by atoms with E-state index in [0.717, 1.165) is 25.9 Å². The summed E-state index contributed by atoms with van der Waals surface area (Å²) in [5.41, 5.74) is 4.01. The van der Waals surface area contributed by atoms with Gasteiger partial charge in [-0.05, 0) is 44.7 Å². The summed E-state index contributed by atoms with van der Waals surface area (Å²) in [5, 5.41) is 8.65. The number of benzene rings is 1. The third-order valence-electron chi connectivity index (χ3n) is 4.35. The zero-order chi connectivity index (χ0) is 15.4. The Balaban J connectivity index is 1.92. The van der Waals surface area contributed by atoms with Crippen molar-refractivity contribution in [1.29, 1.82) is 0 Å². The fourth-order valence-corrected chi connectivity index (χ4v) is 3.03. The number of aliphatic carboxylic acids is 1. The summed E-state index contributed by atoms with van der Waals surface area (Å²) < 4.78 is 5.39. The second kappa shape index (κ2) is 7.05. The van der Waals surface area contributed by atoms with E-state index in [9.17, 15) is 4.79 Å². The highest BCUT2D eigenvalue weighted by Crippen LogP contribution is 2.27. The Morgan fingerprint density at radius 2 is 2.05 bits per heavy atom. The van der Waals surface area contributed by atoms with Gasteiger partial charge >= 0.3 is 5.97 Å². The summed E-state index contributed by atoms with van der Waals surface area (Å²) >= 11 is 0. The molecule has 1 aliphatic heterocycles. The molecule has 1 aromatic carbocycles. The second-order valence-corrected chi connectivity index (χ2v) is 5.98. The largest absolute Gasteiger partial charge is 0.480 e. The first-order valence-electron chi connectivity index (χ1n) is 7.62. The Kier molecular flexibility index (Phi) is 5.37. The first kappa shape index (κ1) is 16.0. The predicted octanol–water partition coefficient (Wildman–Crippen LogP) is 2.93. The second-order valence-electron chi connectivity index (χ2n) is 5.98. The van der Waals surface area contributed by atoms with Crippen molar-refractivity contribution in [2.24, 2.45) is 0 Å². The maximum atomic E-state index is 10.5. The van der Waals surface area contributed by atoms with Crippen LogP contribution in [-0.4, -0.2) is 41.8 Å². The number of ether oxygens (including phenoxy) is 1. The SMILES string of the molecule is Cc1ccc(C)c(C(C)N2CCC(OCC(=O)O)CC2)c1. The number of hydrogen-bond donors (Lipinski definition) is 1. The first-order chi connectivity index (χ1) is 9.97. The molecule has 0 saturated carbocycles. The van der Waals surface area contributed by atoms with Crippen LogP contribution < -0.4 is 0 Å². The van der Waals surface area contributed by atoms with Gasteiger partial charge in [-0.1, -0.05) is 23.8 Å². The molecule has 4 heteroatoms. The summed E-state index contributed by atoms with van der Waals surface area (Å²) in [5.74, 6) is -0.888. The summed E-state index contributed by atoms with van der Waals surface area (Å²) in [6.45, 7) is 8.27. The minimum absolute atomic E-state index is 0.0863. The number of likely N-dealkylation sites (tertiary alicyclic amines) is 1. The topological polar surface area (TPSA) is 49.8 Å². The van der Waals surface area contributed by atoms with Gasteiger partial charge in [0.25, 0.3) is 0 Å². The van der Waals surface area contributed by atoms with Gasteiger partial charge in [0.05, 0.1) is 6.10 Å². The minimum Gasteiger partial charge on any atom is -0.480 e. The number of aryl methyl sites for hydroxylation is 2. The average molecular weight is 291 g/mol. The van der Waals surface area contributed by atoms with E-state index in [1.807, 2.05) is 0 Å². The predicted molar refractivity (Wildman–Crippen MR) is 82.5 cm³/mol. The Bertz CT molecular complexity index is 493. The van der Waals surface area contributed by atoms with E-state index in [2.05, 4.69) is 43.9 Å². The van der Waals surface area contributed by atoms with Gasteiger partial charge in [-0.3, -0.25) is 4.90 Å². The molecule has 0 radical (unpaired) electrons. The van der Waals surface area contributed by atoms with Crippen LogP contribution in [0.3, 0.4) is 0 Å². The number of carboxylic acids is 1. The number of rotatable bonds is 5. The van der Waals surface area contributed by atoms with Crippen molar-refractivity contribution in [3.8, 4) is 0 Å². The Labute approximate surface area is 126 Å². The minimum atomic E-state index is -0.888. The van der Waals surface area contributed by atoms with Crippen molar-refractivity contribution < 1.29 is 14.6 Å². The highest BCUT2D eigenvalue weighted by Gasteiger charge is 2.25. The van der Waals surface area contributed by atoms with Crippen LogP contribution >= 0.6 is 0 Å². The molecule has 0 bridgehead atoms. The summed E-state index contributed by atoms with van der Waals surface area (Å²) in [4.78, 5) is 13.0. The average Bonchev–Trinajstić information content (AvgIpc) is 2.47. The molecule has 1 unspecified atom stereocenters. The fraction of sp³-hybridized carbons (Fsp3) is 0.588. The van der Waals surface area contributed by atoms with Gasteiger partial charge in [-0.2, -0.15) is 0 Å². The Hall–Kier alpha value is -1.39. The van der Waals surface area contributed by atoms with Gasteiger partial charge in [0.15, 0.2) is 0 Å². The van der Waals surface area contributed by atoms with E-state index in [1.54, 1.807) is 0 Å². The summed E-state index contributed by atoms with van der Waals surface area (Å²) in [6.07, 6.45) is 1.90. The quantitative estimate of drug-likeness (QED) is 0.906. The van der Waals surface area contributed by atoms with Crippen molar-refractivity contribution >= 4 is 5.97 Å². The Morgan fingerprint density at radius 3 is 2.67 bits per heavy atom. The molecule has 1 N–H and O–H groups in total. The Morgan fingerprint density at radius 1 is 1.38 bits per heavy atom. The third kappa shape index (κ3) is 4.29. The molecule has 0 aromatic heterocycles. The standard InChI is InChI=1S/C17H25NO3/c1-12-4-5-13(2)16(10-12)14(3)18-8-6-15(7-9-18)21-11-17(19)20/h4-5,10,14-15H,6-9,11H2,1-3H3,(H,19,20). The molecule has 2 rings (SSSR count). The normalized spacial score (nSPS) is 18.6. The summed E-state index contributed by atoms with van der Waals surface area (Å²) in [6, 6.07) is 7.00. The van der Waals surface area contributed by atoms with E-state index >= 15 is 0 Å². The first-order valence-corrected chi connectivity index (χ1v) is 7.62. The maximum absolute atomic E-state index is 10.5. The zero-order valence-electron chi connectivity index (χ0n) is 13.1. The van der Waals surface area contributed by atoms with Crippen molar-refractivity contribution in [3.05, 3.63) is 34.9 Å². The monoisotopic (exact) mass is 291 g/mol. The van der Waals surface area contributed by atoms with Crippen LogP contribution in [-0.2, 0) is 9.53 Å². The van der Waals surface area contributed by atoms with Crippen molar-refractivity contribution in [3.63, 3.8) is 0 Å². The molecule has 0 spiro atoms. The van der Waals surface area contributed by atoms with Crippen LogP contribution in [0.2, 0.25) is 0 Å². The molecule has 1 aromatic rings. The van der Waals surface area contributed by atoms with Gasteiger partial charge in [0.2, 0.25) is 0 Å². The third-order valence-corrected chi connectivity index (χ3v) is 4.35. The lowest BCUT2D eigenvalue weighted by Crippen LogP contribution is -2.39. The number of carbonyl (C=O) groups is 1. The van der Waals surface area contributed by atoms with Crippen molar-refractivity contribution in [2.45, 2.75) is 45.8 Å². The molecule has 0 amide bonds. The van der Waals surface area contributed by atoms with Gasteiger partial charge in [-0.15, -0.1) is 0 Å². The van der Waals surface area contributed by atoms with Gasteiger partial charge in [0.1, 0.15) is 6.61 Å². The fourth-order valence-electron chi connectivity index (χ4n) is 3.03. The number of piperidine rings is 1. The van der Waals surface area contributed by atoms with E-state index in [1.165, 1.54) is 16.7 Å². The molecular formula is C17H25NO3. The van der Waals surface area contributed by atoms with Gasteiger partial charge < -0.3 is 9.84 Å². The van der Waals surface area contributed by atoms with E-state index in [0.29, 0.717) is 6.04 Å². The molecule has 0 aliphatic carbocycles. The van der Waals surface area contributed by atoms with E-state index < -0.39 is 5.97 Å². The van der Waals surface area contributed by atoms with Crippen LogP contribution in [0.4, 0.5) is 0 Å². The molecule has 1 atom stereocenters. The highest BCUT2D eigenvalue weighted by molar-refractivity contribution is 5.68. The maximum Gasteiger partial charge on any atom is 0.329 e. The number of nitrogens with zero attached hydrogens (tertiary/aromatic N) is 1. The molecule has 1 saturated heterocycles. The molecule has 116 valence electrons. The lowest BCUT2D eigenvalue weighted by atomic mass is 9.96. The van der Waals surface area contributed by atoms with Crippen LogP contribution in [0.25, 0.3) is 0 Å².